The van der Waals surface area contributed by atoms with E-state index in [0.29, 0.717) is 19.8 Å². The van der Waals surface area contributed by atoms with Gasteiger partial charge in [-0.3, -0.25) is 0 Å². The fraction of sp³-hybridized carbons (Fsp3) is 0.217. The molecule has 3 aromatic carbocycles. The smallest absolute Gasteiger partial charge is 0.161 e. The fourth-order valence-corrected chi connectivity index (χ4v) is 2.99. The summed E-state index contributed by atoms with van der Waals surface area (Å²) in [5, 5.41) is 3.41. The first-order valence-corrected chi connectivity index (χ1v) is 9.98. The van der Waals surface area contributed by atoms with Crippen LogP contribution in [0.15, 0.2) is 71.2 Å². The van der Waals surface area contributed by atoms with Crippen molar-refractivity contribution < 1.29 is 14.2 Å². The van der Waals surface area contributed by atoms with Crippen LogP contribution < -0.4 is 19.5 Å². The van der Waals surface area contributed by atoms with Gasteiger partial charge in [0, 0.05) is 16.7 Å². The Labute approximate surface area is 174 Å². The number of hydrogen-bond acceptors (Lipinski definition) is 4. The molecule has 3 aromatic rings. The van der Waals surface area contributed by atoms with E-state index in [1.54, 1.807) is 7.11 Å². The Balaban J connectivity index is 1.59. The quantitative estimate of drug-likeness (QED) is 0.438. The molecule has 0 aliphatic heterocycles. The van der Waals surface area contributed by atoms with Gasteiger partial charge >= 0.3 is 0 Å². The van der Waals surface area contributed by atoms with E-state index in [2.05, 4.69) is 21.2 Å². The largest absolute Gasteiger partial charge is 0.494 e. The van der Waals surface area contributed by atoms with Gasteiger partial charge in [-0.25, -0.2) is 0 Å². The topological polar surface area (TPSA) is 39.7 Å². The number of anilines is 1. The first kappa shape index (κ1) is 20.1. The first-order valence-electron chi connectivity index (χ1n) is 9.19. The van der Waals surface area contributed by atoms with E-state index in [1.165, 1.54) is 0 Å². The van der Waals surface area contributed by atoms with Crippen molar-refractivity contribution in [2.75, 3.05) is 19.0 Å². The number of rotatable bonds is 9. The van der Waals surface area contributed by atoms with Crippen LogP contribution >= 0.6 is 15.9 Å². The lowest BCUT2D eigenvalue weighted by molar-refractivity contribution is 0.284. The zero-order chi connectivity index (χ0) is 19.8. The van der Waals surface area contributed by atoms with E-state index in [-0.39, 0.29) is 0 Å². The van der Waals surface area contributed by atoms with Gasteiger partial charge in [-0.05, 0) is 66.6 Å². The third kappa shape index (κ3) is 5.67. The summed E-state index contributed by atoms with van der Waals surface area (Å²) in [5.41, 5.74) is 3.26. The van der Waals surface area contributed by atoms with Crippen molar-refractivity contribution in [1.29, 1.82) is 0 Å². The second-order valence-corrected chi connectivity index (χ2v) is 7.13. The predicted octanol–water partition coefficient (Wildman–Crippen LogP) is 6.05. The van der Waals surface area contributed by atoms with Gasteiger partial charge < -0.3 is 19.5 Å². The molecule has 0 amide bonds. The van der Waals surface area contributed by atoms with E-state index < -0.39 is 0 Å². The highest BCUT2D eigenvalue weighted by Crippen LogP contribution is 2.29. The van der Waals surface area contributed by atoms with Crippen LogP contribution in [0.25, 0.3) is 0 Å². The summed E-state index contributed by atoms with van der Waals surface area (Å²) in [6.07, 6.45) is 0. The second kappa shape index (κ2) is 10.0. The SMILES string of the molecule is CCOc1ccc(NCc2ccc(OCc3ccc(Br)cc3)c(OC)c2)cc1. The summed E-state index contributed by atoms with van der Waals surface area (Å²) < 4.78 is 18.0. The molecular formula is C23H24BrNO3. The maximum absolute atomic E-state index is 5.93. The molecule has 0 aromatic heterocycles. The molecule has 3 rings (SSSR count). The number of benzene rings is 3. The number of halogens is 1. The van der Waals surface area contributed by atoms with Crippen molar-refractivity contribution >= 4 is 21.6 Å². The average Bonchev–Trinajstić information content (AvgIpc) is 2.73. The minimum Gasteiger partial charge on any atom is -0.494 e. The summed E-state index contributed by atoms with van der Waals surface area (Å²) in [7, 11) is 1.66. The molecule has 0 heterocycles. The summed E-state index contributed by atoms with van der Waals surface area (Å²) in [4.78, 5) is 0. The van der Waals surface area contributed by atoms with Gasteiger partial charge in [-0.15, -0.1) is 0 Å². The second-order valence-electron chi connectivity index (χ2n) is 6.21. The highest BCUT2D eigenvalue weighted by atomic mass is 79.9. The maximum atomic E-state index is 5.93. The average molecular weight is 442 g/mol. The zero-order valence-electron chi connectivity index (χ0n) is 16.1. The van der Waals surface area contributed by atoms with E-state index in [1.807, 2.05) is 73.7 Å². The summed E-state index contributed by atoms with van der Waals surface area (Å²) >= 11 is 3.44. The lowest BCUT2D eigenvalue weighted by atomic mass is 10.2. The monoisotopic (exact) mass is 441 g/mol. The molecule has 5 heteroatoms. The van der Waals surface area contributed by atoms with E-state index in [9.17, 15) is 0 Å². The summed E-state index contributed by atoms with van der Waals surface area (Å²) in [6.45, 7) is 3.83. The molecular weight excluding hydrogens is 418 g/mol. The molecule has 0 unspecified atom stereocenters. The third-order valence-electron chi connectivity index (χ3n) is 4.20. The first-order chi connectivity index (χ1) is 13.7. The molecule has 1 N–H and O–H groups in total. The molecule has 0 radical (unpaired) electrons. The van der Waals surface area contributed by atoms with Gasteiger partial charge in [0.2, 0.25) is 0 Å². The van der Waals surface area contributed by atoms with Crippen molar-refractivity contribution in [3.05, 3.63) is 82.3 Å². The standard InChI is InChI=1S/C23H24BrNO3/c1-3-27-21-11-9-20(10-12-21)25-15-18-6-13-22(23(14-18)26-2)28-16-17-4-7-19(24)8-5-17/h4-14,25H,3,15-16H2,1-2H3. The molecule has 28 heavy (non-hydrogen) atoms. The van der Waals surface area contributed by atoms with E-state index in [0.717, 1.165) is 38.5 Å². The van der Waals surface area contributed by atoms with Crippen LogP contribution in [0.5, 0.6) is 17.2 Å². The van der Waals surface area contributed by atoms with Crippen LogP contribution in [0.4, 0.5) is 5.69 Å². The molecule has 4 nitrogen and oxygen atoms in total. The van der Waals surface area contributed by atoms with Crippen molar-refractivity contribution in [1.82, 2.24) is 0 Å². The van der Waals surface area contributed by atoms with E-state index in [4.69, 9.17) is 14.2 Å². The molecule has 0 fully saturated rings. The van der Waals surface area contributed by atoms with Crippen LogP contribution in [0.1, 0.15) is 18.1 Å². The van der Waals surface area contributed by atoms with Crippen LogP contribution in [-0.2, 0) is 13.2 Å². The number of methoxy groups -OCH3 is 1. The molecule has 0 saturated carbocycles. The molecule has 0 aliphatic rings. The Bertz CT molecular complexity index is 879. The number of ether oxygens (including phenoxy) is 3. The molecule has 0 bridgehead atoms. The maximum Gasteiger partial charge on any atom is 0.161 e. The highest BCUT2D eigenvalue weighted by Gasteiger charge is 2.07. The molecule has 0 saturated heterocycles. The van der Waals surface area contributed by atoms with Crippen molar-refractivity contribution in [2.24, 2.45) is 0 Å². The number of hydrogen-bond donors (Lipinski definition) is 1. The molecule has 0 atom stereocenters. The molecule has 0 spiro atoms. The van der Waals surface area contributed by atoms with Gasteiger partial charge in [-0.2, -0.15) is 0 Å². The minimum atomic E-state index is 0.493. The molecule has 146 valence electrons. The zero-order valence-corrected chi connectivity index (χ0v) is 17.7. The van der Waals surface area contributed by atoms with Crippen molar-refractivity contribution in [3.63, 3.8) is 0 Å². The Morgan fingerprint density at radius 1 is 0.821 bits per heavy atom. The Kier molecular flexibility index (Phi) is 7.20. The summed E-state index contributed by atoms with van der Waals surface area (Å²) in [5.74, 6) is 2.33. The minimum absolute atomic E-state index is 0.493. The van der Waals surface area contributed by atoms with Gasteiger partial charge in [0.05, 0.1) is 13.7 Å². The normalized spacial score (nSPS) is 10.4. The van der Waals surface area contributed by atoms with Crippen molar-refractivity contribution in [3.8, 4) is 17.2 Å². The van der Waals surface area contributed by atoms with Gasteiger partial charge in [-0.1, -0.05) is 34.1 Å². The van der Waals surface area contributed by atoms with Crippen LogP contribution in [-0.4, -0.2) is 13.7 Å². The summed E-state index contributed by atoms with van der Waals surface area (Å²) in [6, 6.07) is 22.0. The number of nitrogens with one attached hydrogen (secondary N) is 1. The highest BCUT2D eigenvalue weighted by molar-refractivity contribution is 9.10. The Morgan fingerprint density at radius 2 is 1.54 bits per heavy atom. The fourth-order valence-electron chi connectivity index (χ4n) is 2.72. The third-order valence-corrected chi connectivity index (χ3v) is 4.73. The van der Waals surface area contributed by atoms with Gasteiger partial charge in [0.1, 0.15) is 12.4 Å². The Hall–Kier alpha value is -2.66. The van der Waals surface area contributed by atoms with Gasteiger partial charge in [0.25, 0.3) is 0 Å². The lowest BCUT2D eigenvalue weighted by Crippen LogP contribution is -2.02. The van der Waals surface area contributed by atoms with E-state index >= 15 is 0 Å². The van der Waals surface area contributed by atoms with Gasteiger partial charge in [0.15, 0.2) is 11.5 Å². The van der Waals surface area contributed by atoms with Crippen molar-refractivity contribution in [2.45, 2.75) is 20.1 Å². The van der Waals surface area contributed by atoms with Crippen LogP contribution in [0.3, 0.4) is 0 Å². The predicted molar refractivity (Wildman–Crippen MR) is 116 cm³/mol. The Morgan fingerprint density at radius 3 is 2.21 bits per heavy atom. The van der Waals surface area contributed by atoms with Crippen LogP contribution in [0, 0.1) is 0 Å². The van der Waals surface area contributed by atoms with Crippen LogP contribution in [0.2, 0.25) is 0 Å². The lowest BCUT2D eigenvalue weighted by Gasteiger charge is -2.13. The molecule has 0 aliphatic carbocycles.